The molecule has 3 N–H and O–H groups in total. The maximum atomic E-state index is 14.4. The zero-order valence-corrected chi connectivity index (χ0v) is 17.7. The average Bonchev–Trinajstić information content (AvgIpc) is 2.69. The molecule has 0 radical (unpaired) electrons. The van der Waals surface area contributed by atoms with Crippen LogP contribution < -0.4 is 10.6 Å². The number of aliphatic hydroxyl groups is 1. The number of amides is 1. The average molecular weight is 514 g/mol. The Balaban J connectivity index is 1.53. The highest BCUT2D eigenvalue weighted by Gasteiger charge is 2.49. The Hall–Kier alpha value is -1.85. The molecule has 2 fully saturated rings. The van der Waals surface area contributed by atoms with Gasteiger partial charge in [0.2, 0.25) is 5.95 Å². The number of carbonyl (C=O) groups is 1. The lowest BCUT2D eigenvalue weighted by Crippen LogP contribution is -2.72. The van der Waals surface area contributed by atoms with Gasteiger partial charge in [-0.25, -0.2) is 9.37 Å². The van der Waals surface area contributed by atoms with E-state index in [2.05, 4.69) is 15.6 Å². The van der Waals surface area contributed by atoms with Gasteiger partial charge in [-0.1, -0.05) is 6.42 Å². The van der Waals surface area contributed by atoms with Gasteiger partial charge >= 0.3 is 0 Å². The fraction of sp³-hybridized carbons (Fsp3) is 0.400. The van der Waals surface area contributed by atoms with Crippen molar-refractivity contribution in [2.75, 3.05) is 25.0 Å². The highest BCUT2D eigenvalue weighted by Crippen LogP contribution is 2.33. The molecule has 0 unspecified atom stereocenters. The molecule has 6 nitrogen and oxygen atoms in total. The Morgan fingerprint density at radius 2 is 2.10 bits per heavy atom. The van der Waals surface area contributed by atoms with E-state index < -0.39 is 23.3 Å². The van der Waals surface area contributed by atoms with Crippen molar-refractivity contribution in [3.05, 3.63) is 51.4 Å². The molecule has 2 aromatic rings. The summed E-state index contributed by atoms with van der Waals surface area (Å²) in [6.45, 7) is 1.20. The Morgan fingerprint density at radius 1 is 1.31 bits per heavy atom. The quantitative estimate of drug-likeness (QED) is 0.432. The van der Waals surface area contributed by atoms with Gasteiger partial charge in [0, 0.05) is 15.8 Å². The number of hydrogen-bond acceptors (Lipinski definition) is 5. The minimum atomic E-state index is -0.975. The van der Waals surface area contributed by atoms with E-state index in [1.165, 1.54) is 29.3 Å². The molecular weight excluding hydrogens is 493 g/mol. The third-order valence-corrected chi connectivity index (χ3v) is 6.17. The van der Waals surface area contributed by atoms with Crippen molar-refractivity contribution in [1.82, 2.24) is 15.2 Å². The van der Waals surface area contributed by atoms with Gasteiger partial charge < -0.3 is 20.6 Å². The number of β-amino-alcohol motifs (C(OH)–C–C–N with tert-alkyl or cyclic N) is 1. The van der Waals surface area contributed by atoms with Gasteiger partial charge in [-0.15, -0.1) is 0 Å². The number of likely N-dealkylation sites (tertiary alicyclic amines) is 1. The summed E-state index contributed by atoms with van der Waals surface area (Å²) >= 11 is 1.98. The molecule has 1 aromatic heterocycles. The molecule has 9 heteroatoms. The molecule has 1 amide bonds. The summed E-state index contributed by atoms with van der Waals surface area (Å²) in [5, 5.41) is 16.8. The molecular formula is C20H21F2IN4O2. The summed E-state index contributed by atoms with van der Waals surface area (Å²) in [5.41, 5.74) is -1.05. The van der Waals surface area contributed by atoms with Crippen LogP contribution in [0.15, 0.2) is 30.5 Å². The minimum Gasteiger partial charge on any atom is -0.385 e. The highest BCUT2D eigenvalue weighted by molar-refractivity contribution is 14.1. The molecule has 154 valence electrons. The smallest absolute Gasteiger partial charge is 0.256 e. The summed E-state index contributed by atoms with van der Waals surface area (Å²) in [7, 11) is 0. The molecule has 2 aliphatic heterocycles. The third kappa shape index (κ3) is 4.08. The van der Waals surface area contributed by atoms with Crippen LogP contribution in [0.2, 0.25) is 0 Å². The molecule has 3 heterocycles. The van der Waals surface area contributed by atoms with Gasteiger partial charge in [0.1, 0.15) is 17.1 Å². The van der Waals surface area contributed by atoms with Crippen LogP contribution in [-0.4, -0.2) is 52.2 Å². The van der Waals surface area contributed by atoms with Crippen LogP contribution in [0.25, 0.3) is 0 Å². The fourth-order valence-corrected chi connectivity index (χ4v) is 4.37. The van der Waals surface area contributed by atoms with Crippen molar-refractivity contribution in [2.45, 2.75) is 30.9 Å². The number of benzene rings is 1. The number of nitrogens with one attached hydrogen (secondary N) is 2. The van der Waals surface area contributed by atoms with Crippen LogP contribution in [0.4, 0.5) is 20.2 Å². The van der Waals surface area contributed by atoms with Crippen LogP contribution in [0.3, 0.4) is 0 Å². The fourth-order valence-electron chi connectivity index (χ4n) is 3.92. The molecule has 0 bridgehead atoms. The predicted molar refractivity (Wildman–Crippen MR) is 113 cm³/mol. The lowest BCUT2D eigenvalue weighted by atomic mass is 9.81. The summed E-state index contributed by atoms with van der Waals surface area (Å²) in [6, 6.07) is 5.82. The Bertz CT molecular complexity index is 931. The van der Waals surface area contributed by atoms with Gasteiger partial charge in [-0.2, -0.15) is 4.39 Å². The van der Waals surface area contributed by atoms with E-state index in [1.807, 2.05) is 22.6 Å². The van der Waals surface area contributed by atoms with Gasteiger partial charge in [0.15, 0.2) is 0 Å². The Morgan fingerprint density at radius 3 is 2.79 bits per heavy atom. The van der Waals surface area contributed by atoms with Gasteiger partial charge in [0.05, 0.1) is 24.3 Å². The Labute approximate surface area is 180 Å². The number of anilines is 2. The van der Waals surface area contributed by atoms with E-state index in [-0.39, 0.29) is 36.1 Å². The molecule has 0 spiro atoms. The van der Waals surface area contributed by atoms with Crippen molar-refractivity contribution in [1.29, 1.82) is 0 Å². The molecule has 2 saturated heterocycles. The van der Waals surface area contributed by atoms with Crippen molar-refractivity contribution in [3.63, 3.8) is 0 Å². The lowest BCUT2D eigenvalue weighted by molar-refractivity contribution is -0.108. The van der Waals surface area contributed by atoms with Crippen molar-refractivity contribution in [2.24, 2.45) is 0 Å². The number of piperidine rings is 1. The minimum absolute atomic E-state index is 0.0482. The molecule has 4 rings (SSSR count). The van der Waals surface area contributed by atoms with E-state index in [1.54, 1.807) is 6.07 Å². The number of halogens is 3. The van der Waals surface area contributed by atoms with E-state index in [0.29, 0.717) is 3.57 Å². The van der Waals surface area contributed by atoms with Crippen LogP contribution in [0.1, 0.15) is 29.6 Å². The Kier molecular flexibility index (Phi) is 5.71. The number of rotatable bonds is 4. The summed E-state index contributed by atoms with van der Waals surface area (Å²) in [4.78, 5) is 18.0. The van der Waals surface area contributed by atoms with Crippen LogP contribution in [0.5, 0.6) is 0 Å². The van der Waals surface area contributed by atoms with Gasteiger partial charge in [0.25, 0.3) is 5.91 Å². The standard InChI is InChI=1S/C20H21F2IN4O2/c21-14-9-12(23)4-5-15(14)26-17-13(6-8-25-18(17)22)19(28)27-10-20(29,11-27)16-3-1-2-7-24-16/h4-6,8-9,16,24,26,29H,1-3,7,10-11H2/t16-/m0/s1. The number of aromatic nitrogens is 1. The largest absolute Gasteiger partial charge is 0.385 e. The number of pyridine rings is 1. The molecule has 29 heavy (non-hydrogen) atoms. The molecule has 1 aromatic carbocycles. The van der Waals surface area contributed by atoms with E-state index >= 15 is 0 Å². The van der Waals surface area contributed by atoms with Crippen molar-refractivity contribution in [3.8, 4) is 0 Å². The summed E-state index contributed by atoms with van der Waals surface area (Å²) in [5.74, 6) is -1.88. The first-order valence-corrected chi connectivity index (χ1v) is 10.6. The molecule has 2 aliphatic rings. The summed E-state index contributed by atoms with van der Waals surface area (Å²) in [6.07, 6.45) is 4.18. The maximum absolute atomic E-state index is 14.4. The zero-order valence-electron chi connectivity index (χ0n) is 15.6. The summed E-state index contributed by atoms with van der Waals surface area (Å²) < 4.78 is 29.3. The van der Waals surface area contributed by atoms with E-state index in [0.717, 1.165) is 25.8 Å². The molecule has 0 saturated carbocycles. The van der Waals surface area contributed by atoms with Crippen LogP contribution in [-0.2, 0) is 0 Å². The first kappa shape index (κ1) is 20.4. The van der Waals surface area contributed by atoms with Crippen molar-refractivity contribution >= 4 is 39.9 Å². The number of nitrogens with zero attached hydrogens (tertiary/aromatic N) is 2. The molecule has 0 aliphatic carbocycles. The lowest BCUT2D eigenvalue weighted by Gasteiger charge is -2.51. The predicted octanol–water partition coefficient (Wildman–Crippen LogP) is 3.04. The topological polar surface area (TPSA) is 77.5 Å². The maximum Gasteiger partial charge on any atom is 0.256 e. The number of carbonyl (C=O) groups excluding carboxylic acids is 1. The van der Waals surface area contributed by atoms with Crippen molar-refractivity contribution < 1.29 is 18.7 Å². The molecule has 1 atom stereocenters. The normalized spacial score (nSPS) is 20.8. The zero-order chi connectivity index (χ0) is 20.6. The van der Waals surface area contributed by atoms with Crippen LogP contribution in [0, 0.1) is 15.3 Å². The third-order valence-electron chi connectivity index (χ3n) is 5.50. The first-order chi connectivity index (χ1) is 13.9. The monoisotopic (exact) mass is 514 g/mol. The number of hydrogen-bond donors (Lipinski definition) is 3. The second-order valence-corrected chi connectivity index (χ2v) is 8.79. The van der Waals surface area contributed by atoms with Gasteiger partial charge in [-0.3, -0.25) is 4.79 Å². The highest BCUT2D eigenvalue weighted by atomic mass is 127. The first-order valence-electron chi connectivity index (χ1n) is 9.49. The van der Waals surface area contributed by atoms with E-state index in [4.69, 9.17) is 0 Å². The SMILES string of the molecule is O=C(c1ccnc(F)c1Nc1ccc(I)cc1F)N1CC(O)([C@@H]2CCCCN2)C1. The second kappa shape index (κ2) is 8.11. The van der Waals surface area contributed by atoms with Crippen LogP contribution >= 0.6 is 22.6 Å². The van der Waals surface area contributed by atoms with Gasteiger partial charge in [-0.05, 0) is 66.2 Å². The van der Waals surface area contributed by atoms with E-state index in [9.17, 15) is 18.7 Å². The second-order valence-electron chi connectivity index (χ2n) is 7.54.